The number of halogens is 1. The van der Waals surface area contributed by atoms with Gasteiger partial charge in [0.25, 0.3) is 5.91 Å². The fraction of sp³-hybridized carbons (Fsp3) is 0.211. The Bertz CT molecular complexity index is 985. The zero-order valence-electron chi connectivity index (χ0n) is 14.7. The molecule has 0 saturated heterocycles. The molecule has 1 amide bonds. The van der Waals surface area contributed by atoms with Crippen molar-refractivity contribution >= 4 is 40.3 Å². The molecule has 0 bridgehead atoms. The van der Waals surface area contributed by atoms with Crippen molar-refractivity contribution in [2.75, 3.05) is 12.4 Å². The van der Waals surface area contributed by atoms with Gasteiger partial charge in [0.15, 0.2) is 18.1 Å². The zero-order valence-corrected chi connectivity index (χ0v) is 15.4. The van der Waals surface area contributed by atoms with Crippen LogP contribution in [-0.2, 0) is 9.53 Å². The molecule has 1 heterocycles. The number of nitrogens with one attached hydrogen (secondary N) is 1. The molecule has 1 atom stereocenters. The summed E-state index contributed by atoms with van der Waals surface area (Å²) in [6.45, 7) is 1.74. The standard InChI is InChI=1S/C19H17ClN2O5/c1-3-15(18(23)22-14-9-12(20)5-7-16(14)25-2)27-19(24)11-4-6-17-13(8-11)21-10-26-17/h4-10,15H,3H2,1-2H3,(H,22,23). The molecule has 1 unspecified atom stereocenters. The number of anilines is 1. The predicted octanol–water partition coefficient (Wildman–Crippen LogP) is 4.06. The predicted molar refractivity (Wildman–Crippen MR) is 100 cm³/mol. The van der Waals surface area contributed by atoms with Gasteiger partial charge in [0.1, 0.15) is 11.3 Å². The van der Waals surface area contributed by atoms with Crippen LogP contribution < -0.4 is 10.1 Å². The first-order valence-electron chi connectivity index (χ1n) is 8.20. The van der Waals surface area contributed by atoms with Crippen LogP contribution in [-0.4, -0.2) is 30.1 Å². The second-order valence-corrected chi connectivity index (χ2v) is 6.11. The lowest BCUT2D eigenvalue weighted by Crippen LogP contribution is -2.32. The molecule has 7 nitrogen and oxygen atoms in total. The van der Waals surface area contributed by atoms with Crippen LogP contribution in [0.2, 0.25) is 5.02 Å². The number of hydrogen-bond acceptors (Lipinski definition) is 6. The largest absolute Gasteiger partial charge is 0.495 e. The number of amides is 1. The van der Waals surface area contributed by atoms with Crippen LogP contribution in [0.1, 0.15) is 23.7 Å². The highest BCUT2D eigenvalue weighted by molar-refractivity contribution is 6.31. The van der Waals surface area contributed by atoms with Crippen molar-refractivity contribution in [2.45, 2.75) is 19.4 Å². The molecule has 0 aliphatic rings. The summed E-state index contributed by atoms with van der Waals surface area (Å²) in [5.41, 5.74) is 1.77. The highest BCUT2D eigenvalue weighted by Gasteiger charge is 2.23. The summed E-state index contributed by atoms with van der Waals surface area (Å²) in [5, 5.41) is 3.12. The van der Waals surface area contributed by atoms with Crippen molar-refractivity contribution in [3.63, 3.8) is 0 Å². The molecular formula is C19H17ClN2O5. The van der Waals surface area contributed by atoms with Crippen molar-refractivity contribution in [3.8, 4) is 5.75 Å². The van der Waals surface area contributed by atoms with E-state index in [-0.39, 0.29) is 5.56 Å². The minimum Gasteiger partial charge on any atom is -0.495 e. The van der Waals surface area contributed by atoms with Crippen LogP contribution in [0, 0.1) is 0 Å². The van der Waals surface area contributed by atoms with Gasteiger partial charge in [-0.15, -0.1) is 0 Å². The summed E-state index contributed by atoms with van der Waals surface area (Å²) in [5.74, 6) is -0.653. The second-order valence-electron chi connectivity index (χ2n) is 5.67. The lowest BCUT2D eigenvalue weighted by Gasteiger charge is -2.17. The minimum atomic E-state index is -0.978. The van der Waals surface area contributed by atoms with Gasteiger partial charge in [0, 0.05) is 5.02 Å². The fourth-order valence-corrected chi connectivity index (χ4v) is 2.67. The van der Waals surface area contributed by atoms with Crippen LogP contribution in [0.25, 0.3) is 11.1 Å². The molecule has 1 aromatic heterocycles. The Balaban J connectivity index is 1.73. The number of benzene rings is 2. The van der Waals surface area contributed by atoms with Gasteiger partial charge < -0.3 is 19.2 Å². The molecule has 0 radical (unpaired) electrons. The van der Waals surface area contributed by atoms with Crippen LogP contribution in [0.3, 0.4) is 0 Å². The average Bonchev–Trinajstić information content (AvgIpc) is 3.13. The summed E-state index contributed by atoms with van der Waals surface area (Å²) in [6.07, 6.45) is 0.613. The van der Waals surface area contributed by atoms with E-state index in [0.29, 0.717) is 34.0 Å². The third kappa shape index (κ3) is 4.20. The van der Waals surface area contributed by atoms with Crippen LogP contribution in [0.4, 0.5) is 5.69 Å². The molecule has 8 heteroatoms. The molecule has 27 heavy (non-hydrogen) atoms. The average molecular weight is 389 g/mol. The van der Waals surface area contributed by atoms with Gasteiger partial charge in [0.2, 0.25) is 0 Å². The summed E-state index contributed by atoms with van der Waals surface area (Å²) in [7, 11) is 1.48. The van der Waals surface area contributed by atoms with Crippen LogP contribution >= 0.6 is 11.6 Å². The lowest BCUT2D eigenvalue weighted by molar-refractivity contribution is -0.124. The van der Waals surface area contributed by atoms with Crippen molar-refractivity contribution < 1.29 is 23.5 Å². The van der Waals surface area contributed by atoms with Crippen LogP contribution in [0.5, 0.6) is 5.75 Å². The fourth-order valence-electron chi connectivity index (χ4n) is 2.50. The van der Waals surface area contributed by atoms with E-state index in [2.05, 4.69) is 10.3 Å². The number of esters is 1. The molecule has 3 aromatic rings. The number of nitrogens with zero attached hydrogens (tertiary/aromatic N) is 1. The maximum absolute atomic E-state index is 12.5. The number of carbonyl (C=O) groups is 2. The van der Waals surface area contributed by atoms with Gasteiger partial charge in [-0.25, -0.2) is 9.78 Å². The molecule has 2 aromatic carbocycles. The second kappa shape index (κ2) is 8.09. The number of rotatable bonds is 6. The number of hydrogen-bond donors (Lipinski definition) is 1. The number of ether oxygens (including phenoxy) is 2. The molecule has 0 fully saturated rings. The Labute approximate surface area is 160 Å². The van der Waals surface area contributed by atoms with Crippen molar-refractivity contribution in [1.29, 1.82) is 0 Å². The first kappa shape index (κ1) is 18.7. The van der Waals surface area contributed by atoms with E-state index in [1.54, 1.807) is 43.3 Å². The van der Waals surface area contributed by atoms with Crippen molar-refractivity contribution in [1.82, 2.24) is 4.98 Å². The molecule has 1 N–H and O–H groups in total. The third-order valence-electron chi connectivity index (χ3n) is 3.90. The highest BCUT2D eigenvalue weighted by Crippen LogP contribution is 2.28. The smallest absolute Gasteiger partial charge is 0.338 e. The van der Waals surface area contributed by atoms with E-state index in [1.807, 2.05) is 0 Å². The Morgan fingerprint density at radius 1 is 1.26 bits per heavy atom. The number of fused-ring (bicyclic) bond motifs is 1. The highest BCUT2D eigenvalue weighted by atomic mass is 35.5. The molecule has 0 aliphatic carbocycles. The third-order valence-corrected chi connectivity index (χ3v) is 4.13. The summed E-state index contributed by atoms with van der Waals surface area (Å²) in [4.78, 5) is 29.0. The molecule has 140 valence electrons. The zero-order chi connectivity index (χ0) is 19.4. The quantitative estimate of drug-likeness (QED) is 0.640. The molecule has 0 spiro atoms. The Kier molecular flexibility index (Phi) is 5.61. The van der Waals surface area contributed by atoms with Gasteiger partial charge in [-0.1, -0.05) is 18.5 Å². The van der Waals surface area contributed by atoms with E-state index in [1.165, 1.54) is 13.5 Å². The Morgan fingerprint density at radius 2 is 2.07 bits per heavy atom. The SMILES string of the molecule is CCC(OC(=O)c1ccc2ocnc2c1)C(=O)Nc1cc(Cl)ccc1OC. The topological polar surface area (TPSA) is 90.7 Å². The number of methoxy groups -OCH3 is 1. The summed E-state index contributed by atoms with van der Waals surface area (Å²) < 4.78 is 15.7. The monoisotopic (exact) mass is 388 g/mol. The Morgan fingerprint density at radius 3 is 2.81 bits per heavy atom. The van der Waals surface area contributed by atoms with Crippen molar-refractivity contribution in [3.05, 3.63) is 53.4 Å². The van der Waals surface area contributed by atoms with Crippen molar-refractivity contribution in [2.24, 2.45) is 0 Å². The van der Waals surface area contributed by atoms with Gasteiger partial charge in [-0.05, 0) is 42.8 Å². The van der Waals surface area contributed by atoms with E-state index in [9.17, 15) is 9.59 Å². The summed E-state index contributed by atoms with van der Waals surface area (Å²) >= 11 is 5.97. The van der Waals surface area contributed by atoms with E-state index < -0.39 is 18.0 Å². The first-order valence-corrected chi connectivity index (χ1v) is 8.58. The first-order chi connectivity index (χ1) is 13.0. The van der Waals surface area contributed by atoms with Gasteiger partial charge >= 0.3 is 5.97 Å². The van der Waals surface area contributed by atoms with Gasteiger partial charge in [-0.2, -0.15) is 0 Å². The maximum atomic E-state index is 12.5. The Hall–Kier alpha value is -3.06. The maximum Gasteiger partial charge on any atom is 0.338 e. The molecular weight excluding hydrogens is 372 g/mol. The molecule has 0 saturated carbocycles. The number of oxazole rings is 1. The number of carbonyl (C=O) groups excluding carboxylic acids is 2. The van der Waals surface area contributed by atoms with E-state index >= 15 is 0 Å². The minimum absolute atomic E-state index is 0.281. The van der Waals surface area contributed by atoms with Gasteiger partial charge in [0.05, 0.1) is 18.4 Å². The number of aromatic nitrogens is 1. The summed E-state index contributed by atoms with van der Waals surface area (Å²) in [6, 6.07) is 9.57. The lowest BCUT2D eigenvalue weighted by atomic mass is 10.2. The molecule has 3 rings (SSSR count). The van der Waals surface area contributed by atoms with Crippen LogP contribution in [0.15, 0.2) is 47.2 Å². The van der Waals surface area contributed by atoms with E-state index in [4.69, 9.17) is 25.5 Å². The molecule has 0 aliphatic heterocycles. The van der Waals surface area contributed by atoms with E-state index in [0.717, 1.165) is 0 Å². The van der Waals surface area contributed by atoms with Gasteiger partial charge in [-0.3, -0.25) is 4.79 Å². The normalized spacial score (nSPS) is 11.8.